The van der Waals surface area contributed by atoms with Crippen molar-refractivity contribution >= 4 is 12.2 Å². The third-order valence-electron chi connectivity index (χ3n) is 9.79. The zero-order chi connectivity index (χ0) is 29.0. The molecule has 4 heterocycles. The van der Waals surface area contributed by atoms with Crippen LogP contribution in [0.2, 0.25) is 0 Å². The first-order chi connectivity index (χ1) is 18.8. The predicted molar refractivity (Wildman–Crippen MR) is 159 cm³/mol. The molecule has 8 nitrogen and oxygen atoms in total. The molecule has 1 N–H and O–H groups in total. The number of nitrogens with one attached hydrogen (secondary N) is 1. The predicted octanol–water partition coefficient (Wildman–Crippen LogP) is 6.04. The van der Waals surface area contributed by atoms with E-state index in [0.29, 0.717) is 10.8 Å². The fraction of sp³-hybridized carbons (Fsp3) is 0.938. The van der Waals surface area contributed by atoms with Gasteiger partial charge in [-0.1, -0.05) is 19.3 Å². The summed E-state index contributed by atoms with van der Waals surface area (Å²) in [6.45, 7) is 19.7. The van der Waals surface area contributed by atoms with Gasteiger partial charge in [-0.3, -0.25) is 0 Å². The summed E-state index contributed by atoms with van der Waals surface area (Å²) >= 11 is 0. The summed E-state index contributed by atoms with van der Waals surface area (Å²) in [5, 5.41) is 3.38. The number of hydrogen-bond donors (Lipinski definition) is 1. The Morgan fingerprint density at radius 3 is 1.52 bits per heavy atom. The molecule has 4 saturated heterocycles. The lowest BCUT2D eigenvalue weighted by Gasteiger charge is -2.43. The lowest BCUT2D eigenvalue weighted by molar-refractivity contribution is 0.0221. The van der Waals surface area contributed by atoms with Crippen molar-refractivity contribution in [1.29, 1.82) is 0 Å². The molecule has 5 fully saturated rings. The molecule has 8 heteroatoms. The molecule has 0 unspecified atom stereocenters. The molecule has 1 aliphatic carbocycles. The topological polar surface area (TPSA) is 74.4 Å². The molecular formula is C32H58N4O4. The van der Waals surface area contributed by atoms with Crippen LogP contribution in [0.25, 0.3) is 0 Å². The Morgan fingerprint density at radius 1 is 0.650 bits per heavy atom. The fourth-order valence-corrected chi connectivity index (χ4v) is 7.42. The summed E-state index contributed by atoms with van der Waals surface area (Å²) in [4.78, 5) is 30.8. The molecule has 0 aromatic heterocycles. The van der Waals surface area contributed by atoms with Crippen molar-refractivity contribution in [2.75, 3.05) is 52.4 Å². The van der Waals surface area contributed by atoms with Crippen molar-refractivity contribution in [2.24, 2.45) is 10.8 Å². The highest BCUT2D eigenvalue weighted by molar-refractivity contribution is 5.69. The van der Waals surface area contributed by atoms with Gasteiger partial charge in [0.05, 0.1) is 0 Å². The van der Waals surface area contributed by atoms with Crippen molar-refractivity contribution in [3.05, 3.63) is 0 Å². The quantitative estimate of drug-likeness (QED) is 0.420. The Kier molecular flexibility index (Phi) is 10.0. The van der Waals surface area contributed by atoms with Gasteiger partial charge >= 0.3 is 12.2 Å². The van der Waals surface area contributed by atoms with E-state index in [1.165, 1.54) is 70.9 Å². The van der Waals surface area contributed by atoms with Gasteiger partial charge < -0.3 is 29.5 Å². The molecule has 0 aromatic rings. The zero-order valence-corrected chi connectivity index (χ0v) is 26.5. The Bertz CT molecular complexity index is 844. The minimum atomic E-state index is -0.392. The second-order valence-electron chi connectivity index (χ2n) is 15.4. The fourth-order valence-electron chi connectivity index (χ4n) is 7.42. The van der Waals surface area contributed by atoms with Gasteiger partial charge in [0.15, 0.2) is 0 Å². The summed E-state index contributed by atoms with van der Waals surface area (Å²) in [6, 6.07) is 0.837. The van der Waals surface area contributed by atoms with Crippen LogP contribution in [-0.2, 0) is 9.47 Å². The Hall–Kier alpha value is -1.54. The molecule has 2 amide bonds. The van der Waals surface area contributed by atoms with E-state index in [9.17, 15) is 9.59 Å². The highest BCUT2D eigenvalue weighted by atomic mass is 16.6. The van der Waals surface area contributed by atoms with Crippen LogP contribution in [0, 0.1) is 10.8 Å². The van der Waals surface area contributed by atoms with Crippen LogP contribution < -0.4 is 5.32 Å². The number of nitrogens with zero attached hydrogens (tertiary/aromatic N) is 3. The summed E-state index contributed by atoms with van der Waals surface area (Å²) < 4.78 is 11.0. The lowest BCUT2D eigenvalue weighted by Crippen LogP contribution is -2.47. The van der Waals surface area contributed by atoms with Crippen molar-refractivity contribution in [1.82, 2.24) is 20.0 Å². The van der Waals surface area contributed by atoms with E-state index in [1.807, 2.05) is 51.3 Å². The molecule has 0 aromatic carbocycles. The third-order valence-corrected chi connectivity index (χ3v) is 9.79. The molecule has 0 atom stereocenters. The summed E-state index contributed by atoms with van der Waals surface area (Å²) in [5.74, 6) is 0. The van der Waals surface area contributed by atoms with E-state index >= 15 is 0 Å². The molecule has 2 spiro atoms. The minimum absolute atomic E-state index is 0.121. The zero-order valence-electron chi connectivity index (χ0n) is 26.5. The van der Waals surface area contributed by atoms with E-state index in [4.69, 9.17) is 9.47 Å². The van der Waals surface area contributed by atoms with E-state index in [2.05, 4.69) is 10.2 Å². The van der Waals surface area contributed by atoms with Crippen LogP contribution in [-0.4, -0.2) is 96.5 Å². The van der Waals surface area contributed by atoms with Gasteiger partial charge in [0.1, 0.15) is 11.2 Å². The number of piperidine rings is 2. The standard InChI is InChI=1S/C19H34N2O2.C13H24N2O2/c1-18(2,3)23-17(22)21-14-11-19(15-21)9-12-20(13-10-19)16-7-5-4-6-8-16;1-12(2,3)17-11(16)15-9-6-13(10-15)4-7-14-8-5-13/h16H,4-15H2,1-3H3;14H,4-10H2,1-3H3. The van der Waals surface area contributed by atoms with Crippen LogP contribution in [0.4, 0.5) is 9.59 Å². The summed E-state index contributed by atoms with van der Waals surface area (Å²) in [5.41, 5.74) is -0.0532. The van der Waals surface area contributed by atoms with Gasteiger partial charge in [-0.15, -0.1) is 0 Å². The highest BCUT2D eigenvalue weighted by Crippen LogP contribution is 2.42. The molecule has 1 saturated carbocycles. The Morgan fingerprint density at radius 2 is 1.07 bits per heavy atom. The van der Waals surface area contributed by atoms with E-state index in [1.54, 1.807) is 0 Å². The van der Waals surface area contributed by atoms with Gasteiger partial charge in [-0.25, -0.2) is 9.59 Å². The van der Waals surface area contributed by atoms with Crippen LogP contribution in [0.3, 0.4) is 0 Å². The van der Waals surface area contributed by atoms with Gasteiger partial charge in [-0.05, 0) is 130 Å². The number of amides is 2. The number of carbonyl (C=O) groups excluding carboxylic acids is 2. The number of hydrogen-bond acceptors (Lipinski definition) is 6. The summed E-state index contributed by atoms with van der Waals surface area (Å²) in [7, 11) is 0. The smallest absolute Gasteiger partial charge is 0.410 e. The minimum Gasteiger partial charge on any atom is -0.444 e. The highest BCUT2D eigenvalue weighted by Gasteiger charge is 2.44. The van der Waals surface area contributed by atoms with Crippen molar-refractivity contribution in [2.45, 2.75) is 129 Å². The van der Waals surface area contributed by atoms with Crippen molar-refractivity contribution < 1.29 is 19.1 Å². The van der Waals surface area contributed by atoms with Gasteiger partial charge in [-0.2, -0.15) is 0 Å². The maximum absolute atomic E-state index is 12.3. The van der Waals surface area contributed by atoms with Crippen molar-refractivity contribution in [3.63, 3.8) is 0 Å². The molecular weight excluding hydrogens is 504 g/mol. The second-order valence-corrected chi connectivity index (χ2v) is 15.4. The number of carbonyl (C=O) groups is 2. The summed E-state index contributed by atoms with van der Waals surface area (Å²) in [6.07, 6.45) is 14.0. The maximum Gasteiger partial charge on any atom is 0.410 e. The Balaban J connectivity index is 0.000000194. The average molecular weight is 563 g/mol. The Labute approximate surface area is 243 Å². The largest absolute Gasteiger partial charge is 0.444 e. The first-order valence-corrected chi connectivity index (χ1v) is 16.2. The van der Waals surface area contributed by atoms with Crippen LogP contribution in [0.5, 0.6) is 0 Å². The molecule has 4 aliphatic heterocycles. The van der Waals surface area contributed by atoms with E-state index in [0.717, 1.165) is 58.2 Å². The van der Waals surface area contributed by atoms with Crippen LogP contribution in [0.1, 0.15) is 112 Å². The number of rotatable bonds is 1. The molecule has 230 valence electrons. The van der Waals surface area contributed by atoms with Crippen LogP contribution >= 0.6 is 0 Å². The molecule has 0 radical (unpaired) electrons. The average Bonchev–Trinajstić information content (AvgIpc) is 3.49. The van der Waals surface area contributed by atoms with E-state index in [-0.39, 0.29) is 17.8 Å². The third kappa shape index (κ3) is 8.73. The maximum atomic E-state index is 12.3. The number of likely N-dealkylation sites (tertiary alicyclic amines) is 3. The van der Waals surface area contributed by atoms with Crippen LogP contribution in [0.15, 0.2) is 0 Å². The second kappa shape index (κ2) is 12.8. The lowest BCUT2D eigenvalue weighted by atomic mass is 9.77. The van der Waals surface area contributed by atoms with Gasteiger partial charge in [0.25, 0.3) is 0 Å². The molecule has 40 heavy (non-hydrogen) atoms. The van der Waals surface area contributed by atoms with Gasteiger partial charge in [0, 0.05) is 32.2 Å². The molecule has 5 rings (SSSR count). The first kappa shape index (κ1) is 31.4. The van der Waals surface area contributed by atoms with Crippen molar-refractivity contribution in [3.8, 4) is 0 Å². The molecule has 0 bridgehead atoms. The monoisotopic (exact) mass is 562 g/mol. The number of ether oxygens (including phenoxy) is 2. The SMILES string of the molecule is CC(C)(C)OC(=O)N1CCC2(CCN(C3CCCCC3)CC2)C1.CC(C)(C)OC(=O)N1CCC2(CCNCC2)C1. The first-order valence-electron chi connectivity index (χ1n) is 16.2. The van der Waals surface area contributed by atoms with E-state index < -0.39 is 5.60 Å². The molecule has 5 aliphatic rings. The normalized spacial score (nSPS) is 25.6. The van der Waals surface area contributed by atoms with Gasteiger partial charge in [0.2, 0.25) is 0 Å².